The lowest BCUT2D eigenvalue weighted by Gasteiger charge is -2.33. The van der Waals surface area contributed by atoms with Gasteiger partial charge in [-0.2, -0.15) is 4.80 Å². The SMILES string of the molecule is Cc1ccc(-c2nnn(CCC(=O)N3CCCC[C@H]3C)n2)cc1. The number of tetrazole rings is 1. The maximum absolute atomic E-state index is 12.3. The Bertz CT molecular complexity index is 664. The van der Waals surface area contributed by atoms with Gasteiger partial charge >= 0.3 is 0 Å². The number of likely N-dealkylation sites (tertiary alicyclic amines) is 1. The van der Waals surface area contributed by atoms with Crippen LogP contribution in [0.4, 0.5) is 0 Å². The first-order chi connectivity index (χ1) is 11.1. The summed E-state index contributed by atoms with van der Waals surface area (Å²) >= 11 is 0. The van der Waals surface area contributed by atoms with Crippen LogP contribution in [0.2, 0.25) is 0 Å². The maximum atomic E-state index is 12.3. The van der Waals surface area contributed by atoms with Crippen molar-refractivity contribution in [3.05, 3.63) is 29.8 Å². The van der Waals surface area contributed by atoms with E-state index in [0.717, 1.165) is 24.9 Å². The van der Waals surface area contributed by atoms with Gasteiger partial charge in [0, 0.05) is 24.6 Å². The van der Waals surface area contributed by atoms with Gasteiger partial charge in [0.15, 0.2) is 0 Å². The van der Waals surface area contributed by atoms with E-state index in [1.165, 1.54) is 16.8 Å². The van der Waals surface area contributed by atoms with Crippen molar-refractivity contribution in [2.75, 3.05) is 6.54 Å². The van der Waals surface area contributed by atoms with E-state index in [4.69, 9.17) is 0 Å². The molecule has 1 fully saturated rings. The standard InChI is InChI=1S/C17H23N5O/c1-13-6-8-15(9-7-13)17-18-20-22(19-17)12-10-16(23)21-11-4-3-5-14(21)2/h6-9,14H,3-5,10-12H2,1-2H3/t14-/m1/s1. The Morgan fingerprint density at radius 2 is 2.04 bits per heavy atom. The average Bonchev–Trinajstić information content (AvgIpc) is 3.03. The lowest BCUT2D eigenvalue weighted by atomic mass is 10.0. The topological polar surface area (TPSA) is 63.9 Å². The first kappa shape index (κ1) is 15.6. The van der Waals surface area contributed by atoms with Gasteiger partial charge in [0.1, 0.15) is 0 Å². The first-order valence-corrected chi connectivity index (χ1v) is 8.28. The van der Waals surface area contributed by atoms with Crippen molar-refractivity contribution in [2.45, 2.75) is 52.1 Å². The lowest BCUT2D eigenvalue weighted by molar-refractivity contribution is -0.134. The lowest BCUT2D eigenvalue weighted by Crippen LogP contribution is -2.42. The summed E-state index contributed by atoms with van der Waals surface area (Å²) in [6, 6.07) is 8.37. The van der Waals surface area contributed by atoms with E-state index in [1.54, 1.807) is 0 Å². The first-order valence-electron chi connectivity index (χ1n) is 8.28. The van der Waals surface area contributed by atoms with Crippen LogP contribution in [-0.2, 0) is 11.3 Å². The molecule has 0 unspecified atom stereocenters. The summed E-state index contributed by atoms with van der Waals surface area (Å²) in [6.45, 7) is 5.52. The number of hydrogen-bond donors (Lipinski definition) is 0. The summed E-state index contributed by atoms with van der Waals surface area (Å²) < 4.78 is 0. The third-order valence-corrected chi connectivity index (χ3v) is 4.41. The molecule has 1 aromatic carbocycles. The Kier molecular flexibility index (Phi) is 4.69. The van der Waals surface area contributed by atoms with E-state index in [9.17, 15) is 4.79 Å². The van der Waals surface area contributed by atoms with Crippen molar-refractivity contribution < 1.29 is 4.79 Å². The Morgan fingerprint density at radius 1 is 1.26 bits per heavy atom. The monoisotopic (exact) mass is 313 g/mol. The second-order valence-electron chi connectivity index (χ2n) is 6.26. The van der Waals surface area contributed by atoms with Crippen LogP contribution in [-0.4, -0.2) is 43.6 Å². The van der Waals surface area contributed by atoms with Gasteiger partial charge in [-0.3, -0.25) is 4.79 Å². The summed E-state index contributed by atoms with van der Waals surface area (Å²) in [5, 5.41) is 12.5. The maximum Gasteiger partial charge on any atom is 0.224 e. The smallest absolute Gasteiger partial charge is 0.224 e. The molecule has 2 heterocycles. The van der Waals surface area contributed by atoms with Crippen LogP contribution in [0.1, 0.15) is 38.2 Å². The van der Waals surface area contributed by atoms with Gasteiger partial charge < -0.3 is 4.90 Å². The molecule has 122 valence electrons. The zero-order chi connectivity index (χ0) is 16.2. The molecule has 0 spiro atoms. The highest BCUT2D eigenvalue weighted by atomic mass is 16.2. The van der Waals surface area contributed by atoms with Crippen LogP contribution < -0.4 is 0 Å². The molecule has 6 heteroatoms. The molecule has 3 rings (SSSR count). The molecule has 1 atom stereocenters. The van der Waals surface area contributed by atoms with E-state index in [0.29, 0.717) is 24.8 Å². The Morgan fingerprint density at radius 3 is 2.78 bits per heavy atom. The second kappa shape index (κ2) is 6.89. The Hall–Kier alpha value is -2.24. The summed E-state index contributed by atoms with van der Waals surface area (Å²) in [4.78, 5) is 15.8. The summed E-state index contributed by atoms with van der Waals surface area (Å²) in [7, 11) is 0. The van der Waals surface area contributed by atoms with E-state index < -0.39 is 0 Å². The van der Waals surface area contributed by atoms with Crippen LogP contribution in [0.5, 0.6) is 0 Å². The fraction of sp³-hybridized carbons (Fsp3) is 0.529. The molecule has 1 aliphatic rings. The van der Waals surface area contributed by atoms with Crippen molar-refractivity contribution in [2.24, 2.45) is 0 Å². The third kappa shape index (κ3) is 3.75. The molecule has 1 saturated heterocycles. The predicted octanol–water partition coefficient (Wildman–Crippen LogP) is 2.44. The molecule has 6 nitrogen and oxygen atoms in total. The molecule has 0 bridgehead atoms. The van der Waals surface area contributed by atoms with Gasteiger partial charge in [0.2, 0.25) is 11.7 Å². The highest BCUT2D eigenvalue weighted by Gasteiger charge is 2.22. The van der Waals surface area contributed by atoms with Crippen LogP contribution in [0.25, 0.3) is 11.4 Å². The van der Waals surface area contributed by atoms with Gasteiger partial charge in [0.25, 0.3) is 0 Å². The molecule has 0 radical (unpaired) electrons. The minimum atomic E-state index is 0.186. The largest absolute Gasteiger partial charge is 0.340 e. The molecule has 0 saturated carbocycles. The highest BCUT2D eigenvalue weighted by Crippen LogP contribution is 2.17. The molecule has 1 aliphatic heterocycles. The van der Waals surface area contributed by atoms with Crippen LogP contribution in [0.3, 0.4) is 0 Å². The Balaban J connectivity index is 1.58. The van der Waals surface area contributed by atoms with Crippen molar-refractivity contribution in [3.63, 3.8) is 0 Å². The van der Waals surface area contributed by atoms with E-state index in [1.807, 2.05) is 36.1 Å². The van der Waals surface area contributed by atoms with Crippen molar-refractivity contribution in [1.29, 1.82) is 0 Å². The van der Waals surface area contributed by atoms with Crippen molar-refractivity contribution in [3.8, 4) is 11.4 Å². The number of rotatable bonds is 4. The second-order valence-corrected chi connectivity index (χ2v) is 6.26. The van der Waals surface area contributed by atoms with Gasteiger partial charge in [-0.15, -0.1) is 10.2 Å². The fourth-order valence-electron chi connectivity index (χ4n) is 2.96. The Labute approximate surface area is 136 Å². The minimum absolute atomic E-state index is 0.186. The van der Waals surface area contributed by atoms with Crippen molar-refractivity contribution in [1.82, 2.24) is 25.1 Å². The number of hydrogen-bond acceptors (Lipinski definition) is 4. The van der Waals surface area contributed by atoms with E-state index >= 15 is 0 Å². The quantitative estimate of drug-likeness (QED) is 0.869. The molecular formula is C17H23N5O. The van der Waals surface area contributed by atoms with Crippen LogP contribution in [0, 0.1) is 6.92 Å². The zero-order valence-corrected chi connectivity index (χ0v) is 13.8. The van der Waals surface area contributed by atoms with Crippen molar-refractivity contribution >= 4 is 5.91 Å². The number of carbonyl (C=O) groups excluding carboxylic acids is 1. The number of benzene rings is 1. The zero-order valence-electron chi connectivity index (χ0n) is 13.8. The number of amides is 1. The number of nitrogens with zero attached hydrogens (tertiary/aromatic N) is 5. The molecule has 1 aromatic heterocycles. The van der Waals surface area contributed by atoms with Gasteiger partial charge in [0.05, 0.1) is 6.54 Å². The van der Waals surface area contributed by atoms with Crippen LogP contribution in [0.15, 0.2) is 24.3 Å². The predicted molar refractivity (Wildman–Crippen MR) is 87.6 cm³/mol. The molecule has 0 N–H and O–H groups in total. The van der Waals surface area contributed by atoms with Gasteiger partial charge in [-0.05, 0) is 38.3 Å². The van der Waals surface area contributed by atoms with E-state index in [-0.39, 0.29) is 5.91 Å². The minimum Gasteiger partial charge on any atom is -0.340 e. The molecular weight excluding hydrogens is 290 g/mol. The number of aromatic nitrogens is 4. The van der Waals surface area contributed by atoms with Crippen LogP contribution >= 0.6 is 0 Å². The molecule has 2 aromatic rings. The fourth-order valence-corrected chi connectivity index (χ4v) is 2.96. The summed E-state index contributed by atoms with van der Waals surface area (Å²) in [5.41, 5.74) is 2.14. The third-order valence-electron chi connectivity index (χ3n) is 4.41. The number of aryl methyl sites for hydroxylation is 2. The van der Waals surface area contributed by atoms with Gasteiger partial charge in [-0.25, -0.2) is 0 Å². The number of carbonyl (C=O) groups is 1. The normalized spacial score (nSPS) is 18.2. The summed E-state index contributed by atoms with van der Waals surface area (Å²) in [5.74, 6) is 0.787. The summed E-state index contributed by atoms with van der Waals surface area (Å²) in [6.07, 6.45) is 3.85. The number of piperidine rings is 1. The average molecular weight is 313 g/mol. The molecule has 23 heavy (non-hydrogen) atoms. The van der Waals surface area contributed by atoms with Gasteiger partial charge in [-0.1, -0.05) is 29.8 Å². The molecule has 0 aliphatic carbocycles. The van der Waals surface area contributed by atoms with E-state index in [2.05, 4.69) is 22.3 Å². The molecule has 1 amide bonds. The highest BCUT2D eigenvalue weighted by molar-refractivity contribution is 5.76.